The van der Waals surface area contributed by atoms with Crippen LogP contribution in [0.4, 0.5) is 5.82 Å². The van der Waals surface area contributed by atoms with Crippen LogP contribution in [-0.2, 0) is 13.0 Å². The first-order chi connectivity index (χ1) is 8.72. The van der Waals surface area contributed by atoms with Gasteiger partial charge in [0.1, 0.15) is 0 Å². The van der Waals surface area contributed by atoms with Crippen molar-refractivity contribution in [2.45, 2.75) is 19.9 Å². The van der Waals surface area contributed by atoms with Crippen LogP contribution >= 0.6 is 0 Å². The number of nitrogen functional groups attached to an aromatic ring is 1. The Kier molecular flexibility index (Phi) is 3.57. The molecule has 1 amide bonds. The fourth-order valence-corrected chi connectivity index (χ4v) is 1.69. The highest BCUT2D eigenvalue weighted by Crippen LogP contribution is 2.10. The van der Waals surface area contributed by atoms with E-state index in [1.807, 2.05) is 24.3 Å². The molecule has 0 saturated heterocycles. The maximum absolute atomic E-state index is 11.7. The number of hydrogen-bond acceptors (Lipinski definition) is 5. The fourth-order valence-electron chi connectivity index (χ4n) is 1.69. The average molecular weight is 246 g/mol. The Balaban J connectivity index is 2.04. The Morgan fingerprint density at radius 1 is 1.33 bits per heavy atom. The van der Waals surface area contributed by atoms with Crippen LogP contribution in [-0.4, -0.2) is 16.2 Å². The van der Waals surface area contributed by atoms with Crippen LogP contribution in [0.15, 0.2) is 28.9 Å². The second kappa shape index (κ2) is 5.31. The van der Waals surface area contributed by atoms with Gasteiger partial charge in [0.25, 0.3) is 5.91 Å². The number of anilines is 1. The SMILES string of the molecule is CCc1ccccc1CNC(=O)c1nonc1N. The minimum absolute atomic E-state index is 0.00345. The summed E-state index contributed by atoms with van der Waals surface area (Å²) in [4.78, 5) is 11.7. The molecule has 2 rings (SSSR count). The lowest BCUT2D eigenvalue weighted by Crippen LogP contribution is -2.24. The van der Waals surface area contributed by atoms with Crippen LogP contribution in [0.1, 0.15) is 28.5 Å². The predicted molar refractivity (Wildman–Crippen MR) is 65.7 cm³/mol. The third kappa shape index (κ3) is 2.48. The number of hydrogen-bond donors (Lipinski definition) is 2. The zero-order valence-electron chi connectivity index (χ0n) is 10.0. The quantitative estimate of drug-likeness (QED) is 0.843. The molecule has 0 unspecified atom stereocenters. The Hall–Kier alpha value is -2.37. The number of carbonyl (C=O) groups excluding carboxylic acids is 1. The first-order valence-corrected chi connectivity index (χ1v) is 5.65. The van der Waals surface area contributed by atoms with Gasteiger partial charge in [0, 0.05) is 6.54 Å². The van der Waals surface area contributed by atoms with Gasteiger partial charge >= 0.3 is 0 Å². The number of carbonyl (C=O) groups is 1. The maximum Gasteiger partial charge on any atom is 0.277 e. The number of aromatic nitrogens is 2. The molecule has 0 radical (unpaired) electrons. The molecule has 0 aliphatic heterocycles. The molecule has 0 spiro atoms. The van der Waals surface area contributed by atoms with E-state index in [1.165, 1.54) is 5.56 Å². The monoisotopic (exact) mass is 246 g/mol. The predicted octanol–water partition coefficient (Wildman–Crippen LogP) is 1.14. The summed E-state index contributed by atoms with van der Waals surface area (Å²) in [6, 6.07) is 7.92. The van der Waals surface area contributed by atoms with Gasteiger partial charge in [0.15, 0.2) is 0 Å². The van der Waals surface area contributed by atoms with Gasteiger partial charge in [-0.2, -0.15) is 0 Å². The third-order valence-corrected chi connectivity index (χ3v) is 2.67. The molecule has 0 bridgehead atoms. The van der Waals surface area contributed by atoms with Gasteiger partial charge in [-0.1, -0.05) is 31.2 Å². The minimum atomic E-state index is -0.389. The highest BCUT2D eigenvalue weighted by atomic mass is 16.6. The minimum Gasteiger partial charge on any atom is -0.379 e. The molecule has 6 heteroatoms. The normalized spacial score (nSPS) is 10.3. The summed E-state index contributed by atoms with van der Waals surface area (Å²) in [5.41, 5.74) is 7.73. The van der Waals surface area contributed by atoms with Crippen LogP contribution in [0, 0.1) is 0 Å². The second-order valence-electron chi connectivity index (χ2n) is 3.80. The van der Waals surface area contributed by atoms with Crippen molar-refractivity contribution in [1.82, 2.24) is 15.6 Å². The highest BCUT2D eigenvalue weighted by molar-refractivity contribution is 5.95. The van der Waals surface area contributed by atoms with Crippen molar-refractivity contribution in [3.8, 4) is 0 Å². The highest BCUT2D eigenvalue weighted by Gasteiger charge is 2.15. The summed E-state index contributed by atoms with van der Waals surface area (Å²) in [7, 11) is 0. The molecule has 0 aliphatic rings. The molecular formula is C12H14N4O2. The van der Waals surface area contributed by atoms with Crippen LogP contribution in [0.3, 0.4) is 0 Å². The van der Waals surface area contributed by atoms with Gasteiger partial charge in [-0.05, 0) is 27.9 Å². The van der Waals surface area contributed by atoms with Crippen molar-refractivity contribution < 1.29 is 9.42 Å². The maximum atomic E-state index is 11.7. The van der Waals surface area contributed by atoms with Gasteiger partial charge in [-0.3, -0.25) is 4.79 Å². The van der Waals surface area contributed by atoms with E-state index in [1.54, 1.807) is 0 Å². The van der Waals surface area contributed by atoms with E-state index in [4.69, 9.17) is 5.73 Å². The van der Waals surface area contributed by atoms with Crippen molar-refractivity contribution >= 4 is 11.7 Å². The number of rotatable bonds is 4. The molecule has 0 fully saturated rings. The van der Waals surface area contributed by atoms with Crippen molar-refractivity contribution in [3.63, 3.8) is 0 Å². The van der Waals surface area contributed by atoms with E-state index in [2.05, 4.69) is 27.2 Å². The average Bonchev–Trinajstić information content (AvgIpc) is 2.82. The summed E-state index contributed by atoms with van der Waals surface area (Å²) in [5.74, 6) is -0.393. The van der Waals surface area contributed by atoms with Crippen molar-refractivity contribution in [2.24, 2.45) is 0 Å². The molecule has 18 heavy (non-hydrogen) atoms. The lowest BCUT2D eigenvalue weighted by Gasteiger charge is -2.08. The molecule has 0 aliphatic carbocycles. The zero-order chi connectivity index (χ0) is 13.0. The van der Waals surface area contributed by atoms with Crippen LogP contribution < -0.4 is 11.1 Å². The van der Waals surface area contributed by atoms with Gasteiger partial charge < -0.3 is 11.1 Å². The standard InChI is InChI=1S/C12H14N4O2/c1-2-8-5-3-4-6-9(8)7-14-12(17)10-11(13)16-18-15-10/h3-6H,2,7H2,1H3,(H2,13,16)(H,14,17). The molecule has 1 aromatic heterocycles. The van der Waals surface area contributed by atoms with Crippen LogP contribution in [0.5, 0.6) is 0 Å². The Bertz CT molecular complexity index is 551. The Labute approximate surface area is 104 Å². The van der Waals surface area contributed by atoms with E-state index in [0.717, 1.165) is 12.0 Å². The Morgan fingerprint density at radius 3 is 2.67 bits per heavy atom. The molecule has 3 N–H and O–H groups in total. The lowest BCUT2D eigenvalue weighted by molar-refractivity contribution is 0.0941. The van der Waals surface area contributed by atoms with E-state index in [9.17, 15) is 4.79 Å². The Morgan fingerprint density at radius 2 is 2.06 bits per heavy atom. The number of nitrogens with two attached hydrogens (primary N) is 1. The number of benzene rings is 1. The summed E-state index contributed by atoms with van der Waals surface area (Å²) in [6.07, 6.45) is 0.916. The van der Waals surface area contributed by atoms with Crippen molar-refractivity contribution in [1.29, 1.82) is 0 Å². The van der Waals surface area contributed by atoms with E-state index in [-0.39, 0.29) is 17.4 Å². The number of aryl methyl sites for hydroxylation is 1. The van der Waals surface area contributed by atoms with Gasteiger partial charge in [0.2, 0.25) is 11.5 Å². The first-order valence-electron chi connectivity index (χ1n) is 5.65. The summed E-state index contributed by atoms with van der Waals surface area (Å²) >= 11 is 0. The topological polar surface area (TPSA) is 94.0 Å². The van der Waals surface area contributed by atoms with Gasteiger partial charge in [-0.15, -0.1) is 0 Å². The van der Waals surface area contributed by atoms with Gasteiger partial charge in [0.05, 0.1) is 0 Å². The first kappa shape index (κ1) is 12.1. The largest absolute Gasteiger partial charge is 0.379 e. The van der Waals surface area contributed by atoms with E-state index in [0.29, 0.717) is 6.54 Å². The summed E-state index contributed by atoms with van der Waals surface area (Å²) < 4.78 is 4.38. The molecule has 94 valence electrons. The summed E-state index contributed by atoms with van der Waals surface area (Å²) in [5, 5.41) is 9.54. The van der Waals surface area contributed by atoms with Gasteiger partial charge in [-0.25, -0.2) is 4.63 Å². The fraction of sp³-hybridized carbons (Fsp3) is 0.250. The summed E-state index contributed by atoms with van der Waals surface area (Å²) in [6.45, 7) is 2.50. The molecule has 6 nitrogen and oxygen atoms in total. The van der Waals surface area contributed by atoms with Crippen molar-refractivity contribution in [2.75, 3.05) is 5.73 Å². The van der Waals surface area contributed by atoms with E-state index >= 15 is 0 Å². The number of nitrogens with zero attached hydrogens (tertiary/aromatic N) is 2. The zero-order valence-corrected chi connectivity index (χ0v) is 10.0. The molecule has 0 atom stereocenters. The van der Waals surface area contributed by atoms with Crippen LogP contribution in [0.2, 0.25) is 0 Å². The van der Waals surface area contributed by atoms with Crippen LogP contribution in [0.25, 0.3) is 0 Å². The molecule has 2 aromatic rings. The van der Waals surface area contributed by atoms with Crippen molar-refractivity contribution in [3.05, 3.63) is 41.1 Å². The second-order valence-corrected chi connectivity index (χ2v) is 3.80. The number of nitrogens with one attached hydrogen (secondary N) is 1. The van der Waals surface area contributed by atoms with E-state index < -0.39 is 0 Å². The molecular weight excluding hydrogens is 232 g/mol. The molecule has 1 heterocycles. The lowest BCUT2D eigenvalue weighted by atomic mass is 10.1. The third-order valence-electron chi connectivity index (χ3n) is 2.67. The number of amides is 1. The molecule has 1 aromatic carbocycles. The smallest absolute Gasteiger partial charge is 0.277 e. The molecule has 0 saturated carbocycles.